The number of rotatable bonds is 9. The first-order chi connectivity index (χ1) is 15.1. The molecule has 1 heterocycles. The Morgan fingerprint density at radius 3 is 1.06 bits per heavy atom. The van der Waals surface area contributed by atoms with Gasteiger partial charge in [0.2, 0.25) is 0 Å². The number of hydrogen-bond acceptors (Lipinski definition) is 8. The zero-order chi connectivity index (χ0) is 27.8. The molecule has 1 aliphatic rings. The van der Waals surface area contributed by atoms with Gasteiger partial charge in [0.1, 0.15) is 0 Å². The Kier molecular flexibility index (Phi) is 15.1. The van der Waals surface area contributed by atoms with E-state index >= 15 is 0 Å². The minimum absolute atomic E-state index is 1.11. The van der Waals surface area contributed by atoms with Gasteiger partial charge >= 0.3 is 41.6 Å². The van der Waals surface area contributed by atoms with Gasteiger partial charge in [0, 0.05) is 39.3 Å². The molecule has 0 aliphatic carbocycles. The van der Waals surface area contributed by atoms with E-state index in [-0.39, 0.29) is 0 Å². The van der Waals surface area contributed by atoms with Crippen molar-refractivity contribution in [3.05, 3.63) is 4.13 Å². The number of sulfonamides is 2. The second kappa shape index (κ2) is 14.1. The normalized spacial score (nSPS) is 21.6. The third-order valence-corrected chi connectivity index (χ3v) is 7.54. The van der Waals surface area contributed by atoms with E-state index in [1.807, 2.05) is 0 Å². The van der Waals surface area contributed by atoms with Crippen molar-refractivity contribution in [1.82, 2.24) is 19.6 Å². The predicted molar refractivity (Wildman–Crippen MR) is 114 cm³/mol. The molecule has 0 unspecified atom stereocenters. The van der Waals surface area contributed by atoms with Crippen LogP contribution in [0.5, 0.6) is 0 Å². The second-order valence-electron chi connectivity index (χ2n) is 7.88. The first-order valence-corrected chi connectivity index (χ1v) is 13.4. The molecular formula is C15H30ClCuF6N5O4S2-. The Labute approximate surface area is 209 Å². The maximum absolute atomic E-state index is 12.4. The number of halogens is 7. The van der Waals surface area contributed by atoms with Crippen molar-refractivity contribution in [2.24, 2.45) is 0 Å². The molecule has 0 amide bonds. The molecule has 1 fully saturated rings. The molecule has 0 saturated carbocycles. The van der Waals surface area contributed by atoms with E-state index in [0.29, 0.717) is 0 Å². The third kappa shape index (κ3) is 9.52. The van der Waals surface area contributed by atoms with Gasteiger partial charge in [-0.3, -0.25) is 4.90 Å². The van der Waals surface area contributed by atoms with E-state index in [9.17, 15) is 43.2 Å². The van der Waals surface area contributed by atoms with Crippen LogP contribution in [-0.4, -0.2) is 134 Å². The zero-order valence-electron chi connectivity index (χ0n) is 19.4. The van der Waals surface area contributed by atoms with Gasteiger partial charge in [-0.2, -0.15) is 26.3 Å². The SMILES string of the molecule is CN(C)CCN(CCN(C)C)CCN(C)C.O=S1(=O)[N-]S(=O)(=O)C(F)(F)C(F)(F)C1(F)F.[Cl][Cu]. The first kappa shape index (κ1) is 36.2. The average molecular weight is 622 g/mol. The van der Waals surface area contributed by atoms with E-state index in [4.69, 9.17) is 0 Å². The Hall–Kier alpha value is 0.0895. The molecule has 1 saturated heterocycles. The summed E-state index contributed by atoms with van der Waals surface area (Å²) in [6, 6.07) is 0. The van der Waals surface area contributed by atoms with Crippen molar-refractivity contribution in [2.75, 3.05) is 81.6 Å². The van der Waals surface area contributed by atoms with Gasteiger partial charge < -0.3 is 18.8 Å². The van der Waals surface area contributed by atoms with Crippen LogP contribution in [0.25, 0.3) is 4.13 Å². The van der Waals surface area contributed by atoms with Crippen molar-refractivity contribution in [3.8, 4) is 0 Å². The van der Waals surface area contributed by atoms with Crippen LogP contribution in [0.15, 0.2) is 0 Å². The van der Waals surface area contributed by atoms with Crippen LogP contribution in [0, 0.1) is 0 Å². The molecule has 1 rings (SSSR count). The van der Waals surface area contributed by atoms with Gasteiger partial charge in [-0.15, -0.1) is 0 Å². The Bertz CT molecular complexity index is 746. The Balaban J connectivity index is 0. The van der Waals surface area contributed by atoms with Crippen LogP contribution in [0.2, 0.25) is 0 Å². The molecule has 0 bridgehead atoms. The van der Waals surface area contributed by atoms with Gasteiger partial charge in [-0.1, -0.05) is 0 Å². The summed E-state index contributed by atoms with van der Waals surface area (Å²) in [5, 5.41) is -12.6. The fourth-order valence-corrected chi connectivity index (χ4v) is 4.83. The van der Waals surface area contributed by atoms with Gasteiger partial charge in [0.05, 0.1) is 0 Å². The topological polar surface area (TPSA) is 95.3 Å². The molecule has 0 aromatic heterocycles. The summed E-state index contributed by atoms with van der Waals surface area (Å²) in [7, 11) is 3.86. The van der Waals surface area contributed by atoms with E-state index < -0.39 is 36.5 Å². The van der Waals surface area contributed by atoms with Crippen LogP contribution in [0.4, 0.5) is 26.3 Å². The number of nitrogens with zero attached hydrogens (tertiary/aromatic N) is 5. The van der Waals surface area contributed by atoms with Gasteiger partial charge in [-0.05, 0) is 42.3 Å². The van der Waals surface area contributed by atoms with Crippen LogP contribution in [0.3, 0.4) is 0 Å². The maximum atomic E-state index is 12.4. The van der Waals surface area contributed by atoms with Gasteiger partial charge in [0.25, 0.3) is 0 Å². The van der Waals surface area contributed by atoms with E-state index in [0.717, 1.165) is 43.4 Å². The molecular weight excluding hydrogens is 591 g/mol. The van der Waals surface area contributed by atoms with E-state index in [2.05, 4.69) is 87.1 Å². The quantitative estimate of drug-likeness (QED) is 0.283. The van der Waals surface area contributed by atoms with Crippen LogP contribution in [0.1, 0.15) is 0 Å². The summed E-state index contributed by atoms with van der Waals surface area (Å²) in [6.45, 7) is 6.90. The first-order valence-electron chi connectivity index (χ1n) is 9.27. The average Bonchev–Trinajstić information content (AvgIpc) is 2.66. The van der Waals surface area contributed by atoms with E-state index in [1.165, 1.54) is 0 Å². The molecule has 19 heteroatoms. The monoisotopic (exact) mass is 620 g/mol. The van der Waals surface area contributed by atoms with Crippen LogP contribution in [-0.2, 0) is 35.1 Å². The molecule has 0 spiro atoms. The molecule has 0 radical (unpaired) electrons. The molecule has 0 aromatic carbocycles. The van der Waals surface area contributed by atoms with Crippen molar-refractivity contribution in [2.45, 2.75) is 16.4 Å². The van der Waals surface area contributed by atoms with Crippen molar-refractivity contribution in [1.29, 1.82) is 0 Å². The minimum atomic E-state index is -6.60. The summed E-state index contributed by atoms with van der Waals surface area (Å²) < 4.78 is 117. The number of hydrogen-bond donors (Lipinski definition) is 0. The summed E-state index contributed by atoms with van der Waals surface area (Å²) in [4.78, 5) is 9.29. The van der Waals surface area contributed by atoms with Gasteiger partial charge in [0.15, 0.2) is 20.0 Å². The van der Waals surface area contributed by atoms with Crippen molar-refractivity contribution in [3.63, 3.8) is 0 Å². The molecule has 212 valence electrons. The predicted octanol–water partition coefficient (Wildman–Crippen LogP) is 1.51. The number of alkyl halides is 6. The second-order valence-corrected chi connectivity index (χ2v) is 11.4. The molecule has 0 N–H and O–H groups in total. The Morgan fingerprint density at radius 2 is 0.853 bits per heavy atom. The standard InChI is InChI=1S/C12H30N4.C3F6NO4S2.ClH.Cu/c1-13(2)7-10-16(11-8-14(3)4)12-9-15(5)6;4-1(5)2(6,7)15(11,12)10-16(13,14)3(1,8)9;;/h7-12H2,1-6H3;;1H;/q;-1;;+1/p-1. The molecule has 9 nitrogen and oxygen atoms in total. The molecule has 34 heavy (non-hydrogen) atoms. The van der Waals surface area contributed by atoms with Crippen molar-refractivity contribution < 1.29 is 58.3 Å². The number of likely N-dealkylation sites (N-methyl/N-ethyl adjacent to an activating group) is 3. The third-order valence-electron chi connectivity index (χ3n) is 4.17. The van der Waals surface area contributed by atoms with Crippen molar-refractivity contribution >= 4 is 30.1 Å². The summed E-state index contributed by atoms with van der Waals surface area (Å²) in [5.74, 6) is -6.60. The fraction of sp³-hybridized carbons (Fsp3) is 1.00. The zero-order valence-corrected chi connectivity index (χ0v) is 22.7. The fourth-order valence-electron chi connectivity index (χ4n) is 2.08. The van der Waals surface area contributed by atoms with E-state index in [1.54, 1.807) is 0 Å². The molecule has 0 atom stereocenters. The Morgan fingerprint density at radius 1 is 0.618 bits per heavy atom. The summed E-state index contributed by atoms with van der Waals surface area (Å²) >= 11 is 3.66. The van der Waals surface area contributed by atoms with Gasteiger partial charge in [-0.25, -0.2) is 16.8 Å². The van der Waals surface area contributed by atoms with Crippen LogP contribution >= 0.6 is 10.1 Å². The van der Waals surface area contributed by atoms with Crippen LogP contribution < -0.4 is 0 Å². The molecule has 1 aliphatic heterocycles. The summed E-state index contributed by atoms with van der Waals surface area (Å²) in [5.41, 5.74) is 0. The molecule has 0 aromatic rings. The summed E-state index contributed by atoms with van der Waals surface area (Å²) in [6.07, 6.45) is 0.